The third kappa shape index (κ3) is 6.12. The van der Waals surface area contributed by atoms with E-state index in [1.807, 2.05) is 0 Å². The van der Waals surface area contributed by atoms with Gasteiger partial charge in [0.25, 0.3) is 0 Å². The maximum Gasteiger partial charge on any atom is 0.0888 e. The molecule has 0 N–H and O–H groups in total. The molecule has 2 aliphatic rings. The first kappa shape index (κ1) is 14.3. The molecule has 0 amide bonds. The lowest BCUT2D eigenvalue weighted by atomic mass is 9.85. The van der Waals surface area contributed by atoms with Crippen molar-refractivity contribution in [3.63, 3.8) is 0 Å². The van der Waals surface area contributed by atoms with E-state index >= 15 is 0 Å². The summed E-state index contributed by atoms with van der Waals surface area (Å²) in [5.74, 6) is 0.985. The maximum atomic E-state index is 5.21. The Morgan fingerprint density at radius 3 is 2.00 bits per heavy atom. The number of rotatable bonds is 3. The Labute approximate surface area is 105 Å². The third-order valence-electron chi connectivity index (χ3n) is 3.35. The summed E-state index contributed by atoms with van der Waals surface area (Å²) >= 11 is 4.10. The van der Waals surface area contributed by atoms with Crippen LogP contribution in [0, 0.1) is 5.41 Å². The SMILES string of the molecule is CC1(C)CCOCC1.CC1(CCCS)CO1. The molecule has 0 aliphatic carbocycles. The second-order valence-corrected chi connectivity index (χ2v) is 6.29. The molecule has 2 rings (SSSR count). The fourth-order valence-corrected chi connectivity index (χ4v) is 1.80. The summed E-state index contributed by atoms with van der Waals surface area (Å²) in [7, 11) is 0. The molecule has 0 saturated carbocycles. The topological polar surface area (TPSA) is 21.8 Å². The van der Waals surface area contributed by atoms with Gasteiger partial charge in [-0.3, -0.25) is 0 Å². The second kappa shape index (κ2) is 6.27. The van der Waals surface area contributed by atoms with E-state index in [1.165, 1.54) is 25.7 Å². The minimum atomic E-state index is 0.253. The van der Waals surface area contributed by atoms with Crippen molar-refractivity contribution in [1.82, 2.24) is 0 Å². The highest BCUT2D eigenvalue weighted by Crippen LogP contribution is 2.30. The molecule has 2 saturated heterocycles. The van der Waals surface area contributed by atoms with Crippen molar-refractivity contribution in [2.75, 3.05) is 25.6 Å². The van der Waals surface area contributed by atoms with E-state index in [0.29, 0.717) is 5.41 Å². The van der Waals surface area contributed by atoms with Gasteiger partial charge in [-0.25, -0.2) is 0 Å². The van der Waals surface area contributed by atoms with Crippen LogP contribution in [-0.4, -0.2) is 31.2 Å². The molecule has 2 aliphatic heterocycles. The van der Waals surface area contributed by atoms with Crippen molar-refractivity contribution < 1.29 is 9.47 Å². The quantitative estimate of drug-likeness (QED) is 0.609. The predicted molar refractivity (Wildman–Crippen MR) is 71.3 cm³/mol. The van der Waals surface area contributed by atoms with E-state index in [4.69, 9.17) is 9.47 Å². The van der Waals surface area contributed by atoms with Gasteiger partial charge in [0, 0.05) is 13.2 Å². The van der Waals surface area contributed by atoms with Gasteiger partial charge in [-0.15, -0.1) is 0 Å². The van der Waals surface area contributed by atoms with Crippen molar-refractivity contribution in [2.45, 2.75) is 52.1 Å². The van der Waals surface area contributed by atoms with Crippen molar-refractivity contribution >= 4 is 12.6 Å². The van der Waals surface area contributed by atoms with E-state index < -0.39 is 0 Å². The van der Waals surface area contributed by atoms with Crippen LogP contribution in [0.5, 0.6) is 0 Å². The molecule has 0 spiro atoms. The maximum absolute atomic E-state index is 5.21. The molecule has 0 radical (unpaired) electrons. The summed E-state index contributed by atoms with van der Waals surface area (Å²) in [6.45, 7) is 9.64. The Morgan fingerprint density at radius 2 is 1.69 bits per heavy atom. The molecule has 16 heavy (non-hydrogen) atoms. The summed E-state index contributed by atoms with van der Waals surface area (Å²) in [6, 6.07) is 0. The zero-order chi connectivity index (χ0) is 12.1. The van der Waals surface area contributed by atoms with Crippen LogP contribution in [0.2, 0.25) is 0 Å². The second-order valence-electron chi connectivity index (χ2n) is 5.84. The lowest BCUT2D eigenvalue weighted by molar-refractivity contribution is 0.0327. The van der Waals surface area contributed by atoms with Gasteiger partial charge in [-0.2, -0.15) is 12.6 Å². The highest BCUT2D eigenvalue weighted by molar-refractivity contribution is 7.80. The molecular weight excluding hydrogens is 220 g/mol. The van der Waals surface area contributed by atoms with Crippen LogP contribution in [0.25, 0.3) is 0 Å². The number of epoxide rings is 1. The molecule has 2 fully saturated rings. The van der Waals surface area contributed by atoms with Gasteiger partial charge in [0.1, 0.15) is 0 Å². The number of hydrogen-bond donors (Lipinski definition) is 1. The van der Waals surface area contributed by atoms with Crippen molar-refractivity contribution in [3.05, 3.63) is 0 Å². The van der Waals surface area contributed by atoms with E-state index in [9.17, 15) is 0 Å². The molecule has 0 bridgehead atoms. The summed E-state index contributed by atoms with van der Waals surface area (Å²) in [6.07, 6.45) is 4.82. The first-order valence-electron chi connectivity index (χ1n) is 6.30. The molecule has 2 nitrogen and oxygen atoms in total. The Balaban J connectivity index is 0.000000160. The average molecular weight is 246 g/mol. The molecule has 96 valence electrons. The van der Waals surface area contributed by atoms with Gasteiger partial charge in [0.2, 0.25) is 0 Å². The molecule has 0 aromatic heterocycles. The van der Waals surface area contributed by atoms with E-state index in [-0.39, 0.29) is 5.60 Å². The van der Waals surface area contributed by atoms with E-state index in [2.05, 4.69) is 33.4 Å². The molecule has 0 aromatic rings. The molecule has 1 atom stereocenters. The molecule has 0 aromatic carbocycles. The largest absolute Gasteiger partial charge is 0.381 e. The van der Waals surface area contributed by atoms with E-state index in [0.717, 1.165) is 25.6 Å². The lowest BCUT2D eigenvalue weighted by Crippen LogP contribution is -2.22. The molecule has 3 heteroatoms. The zero-order valence-corrected chi connectivity index (χ0v) is 11.8. The first-order valence-corrected chi connectivity index (χ1v) is 6.93. The lowest BCUT2D eigenvalue weighted by Gasteiger charge is -2.28. The van der Waals surface area contributed by atoms with Crippen LogP contribution in [0.1, 0.15) is 46.5 Å². The summed E-state index contributed by atoms with van der Waals surface area (Å²) in [5, 5.41) is 0. The van der Waals surface area contributed by atoms with Gasteiger partial charge < -0.3 is 9.47 Å². The van der Waals surface area contributed by atoms with Gasteiger partial charge in [-0.05, 0) is 43.8 Å². The third-order valence-corrected chi connectivity index (χ3v) is 3.66. The van der Waals surface area contributed by atoms with Crippen molar-refractivity contribution in [3.8, 4) is 0 Å². The zero-order valence-electron chi connectivity index (χ0n) is 10.9. The Morgan fingerprint density at radius 1 is 1.12 bits per heavy atom. The Bertz CT molecular complexity index is 192. The van der Waals surface area contributed by atoms with Crippen molar-refractivity contribution in [2.24, 2.45) is 5.41 Å². The van der Waals surface area contributed by atoms with Crippen LogP contribution in [0.3, 0.4) is 0 Å². The minimum absolute atomic E-state index is 0.253. The predicted octanol–water partition coefficient (Wildman–Crippen LogP) is 3.31. The average Bonchev–Trinajstić information content (AvgIpc) is 2.95. The van der Waals surface area contributed by atoms with Gasteiger partial charge in [0.15, 0.2) is 0 Å². The highest BCUT2D eigenvalue weighted by Gasteiger charge is 2.37. The summed E-state index contributed by atoms with van der Waals surface area (Å²) in [4.78, 5) is 0. The number of ether oxygens (including phenoxy) is 2. The van der Waals surface area contributed by atoms with Gasteiger partial charge in [0.05, 0.1) is 12.2 Å². The van der Waals surface area contributed by atoms with E-state index in [1.54, 1.807) is 0 Å². The van der Waals surface area contributed by atoms with Crippen LogP contribution in [-0.2, 0) is 9.47 Å². The Hall–Kier alpha value is 0.270. The number of hydrogen-bond acceptors (Lipinski definition) is 3. The summed E-state index contributed by atoms with van der Waals surface area (Å²) in [5.41, 5.74) is 0.807. The van der Waals surface area contributed by atoms with Crippen molar-refractivity contribution in [1.29, 1.82) is 0 Å². The molecule has 2 heterocycles. The van der Waals surface area contributed by atoms with Crippen LogP contribution in [0.4, 0.5) is 0 Å². The van der Waals surface area contributed by atoms with Crippen LogP contribution < -0.4 is 0 Å². The van der Waals surface area contributed by atoms with Crippen LogP contribution in [0.15, 0.2) is 0 Å². The number of thiol groups is 1. The fraction of sp³-hybridized carbons (Fsp3) is 1.00. The Kier molecular flexibility index (Phi) is 5.62. The standard InChI is InChI=1S/C7H14O.C6H12OS/c1-7(2)3-5-8-6-4-7;1-6(5-7-6)3-2-4-8/h3-6H2,1-2H3;8H,2-5H2,1H3. The van der Waals surface area contributed by atoms with Crippen LogP contribution >= 0.6 is 12.6 Å². The smallest absolute Gasteiger partial charge is 0.0888 e. The highest BCUT2D eigenvalue weighted by atomic mass is 32.1. The summed E-state index contributed by atoms with van der Waals surface area (Å²) < 4.78 is 10.4. The first-order chi connectivity index (χ1) is 7.47. The van der Waals surface area contributed by atoms with Gasteiger partial charge >= 0.3 is 0 Å². The molecule has 1 unspecified atom stereocenters. The normalized spacial score (nSPS) is 31.5. The fourth-order valence-electron chi connectivity index (χ4n) is 1.64. The minimum Gasteiger partial charge on any atom is -0.381 e. The van der Waals surface area contributed by atoms with Gasteiger partial charge in [-0.1, -0.05) is 13.8 Å². The molecular formula is C13H26O2S. The monoisotopic (exact) mass is 246 g/mol.